The predicted octanol–water partition coefficient (Wildman–Crippen LogP) is 13.5. The number of thiophene rings is 2. The van der Waals surface area contributed by atoms with E-state index in [1.54, 1.807) is 20.8 Å². The van der Waals surface area contributed by atoms with E-state index >= 15 is 0 Å². The Kier molecular flexibility index (Phi) is 15.8. The molecule has 0 atom stereocenters. The Labute approximate surface area is 556 Å². The Hall–Kier alpha value is -7.63. The number of fused-ring (bicyclic) bond motifs is 8. The third-order valence-corrected chi connectivity index (χ3v) is 40.8. The van der Waals surface area contributed by atoms with Crippen LogP contribution in [0.4, 0.5) is 0 Å². The van der Waals surface area contributed by atoms with Crippen molar-refractivity contribution in [3.63, 3.8) is 0 Å². The van der Waals surface area contributed by atoms with E-state index in [0.29, 0.717) is 0 Å². The Bertz CT molecular complexity index is 4730. The molecule has 0 nitrogen and oxygen atoms in total. The first-order valence-corrected chi connectivity index (χ1v) is 41.2. The van der Waals surface area contributed by atoms with Crippen LogP contribution < -0.4 is 57.1 Å². The van der Waals surface area contributed by atoms with Crippen molar-refractivity contribution < 1.29 is 0 Å². The van der Waals surface area contributed by atoms with Crippen molar-refractivity contribution in [2.24, 2.45) is 0 Å². The van der Waals surface area contributed by atoms with Crippen molar-refractivity contribution in [2.75, 3.05) is 0 Å². The van der Waals surface area contributed by atoms with Crippen LogP contribution in [0.2, 0.25) is 0 Å². The lowest BCUT2D eigenvalue weighted by molar-refractivity contribution is 1.67. The second kappa shape index (κ2) is 24.4. The van der Waals surface area contributed by atoms with Gasteiger partial charge < -0.3 is 0 Å². The van der Waals surface area contributed by atoms with Gasteiger partial charge in [-0.15, -0.1) is 22.7 Å². The second-order valence-electron chi connectivity index (χ2n) is 22.7. The zero-order chi connectivity index (χ0) is 59.1. The standard InChI is InChI=1S/C40H28SSi2.C28H18I2SSi.C12H12Si/c1-5-17-29(18-6-1)42(30-19-7-2-8-20-30)36-28-16-14-26-34(36)39-40(42)37-38(33-25-13-15-27-35(33)41-37)43(39,31-21-9-3-10-22-31)32-23-11-4-12-24-32;29-25-21-15-7-9-17-23(21)31-27(25)28-26(30)22-16-8-10-18-24(22)32(28,19-11-3-1-4-12-19)20-13-5-2-6-14-20;1-3-7-11(8-4-1)13-12-9-5-2-6-10-12/h1-28H;1-18H;1-10H,13H2. The Morgan fingerprint density at radius 3 is 1.02 bits per heavy atom. The van der Waals surface area contributed by atoms with Crippen molar-refractivity contribution >= 4 is 198 Å². The molecule has 2 aromatic heterocycles. The lowest BCUT2D eigenvalue weighted by atomic mass is 10.2. The molecule has 0 saturated carbocycles. The normalized spacial score (nSPS) is 14.5. The van der Waals surface area contributed by atoms with E-state index in [-0.39, 0.29) is 9.52 Å². The largest absolute Gasteiger partial charge is 0.183 e. The maximum Gasteiger partial charge on any atom is 0.183 e. The third-order valence-electron chi connectivity index (χ3n) is 18.1. The molecule has 0 N–H and O–H groups in total. The van der Waals surface area contributed by atoms with Gasteiger partial charge in [-0.25, -0.2) is 0 Å². The summed E-state index contributed by atoms with van der Waals surface area (Å²) < 4.78 is 5.54. The van der Waals surface area contributed by atoms with Gasteiger partial charge in [0.15, 0.2) is 24.2 Å². The first kappa shape index (κ1) is 56.8. The van der Waals surface area contributed by atoms with Crippen molar-refractivity contribution in [3.8, 4) is 0 Å². The molecule has 8 heteroatoms. The fourth-order valence-corrected chi connectivity index (χ4v) is 41.0. The van der Waals surface area contributed by atoms with Crippen LogP contribution in [0, 0.1) is 3.57 Å². The summed E-state index contributed by atoms with van der Waals surface area (Å²) in [5.41, 5.74) is 2.86. The monoisotopic (exact) mass is 1450 g/mol. The highest BCUT2D eigenvalue weighted by Gasteiger charge is 2.63. The van der Waals surface area contributed by atoms with Crippen molar-refractivity contribution in [1.29, 1.82) is 0 Å². The maximum atomic E-state index is 2.63. The van der Waals surface area contributed by atoms with Crippen LogP contribution in [0.25, 0.3) is 39.3 Å². The first-order chi connectivity index (χ1) is 43.5. The van der Waals surface area contributed by atoms with Gasteiger partial charge in [-0.05, 0) is 136 Å². The van der Waals surface area contributed by atoms with Gasteiger partial charge in [-0.3, -0.25) is 0 Å². The summed E-state index contributed by atoms with van der Waals surface area (Å²) in [6, 6.07) is 126. The molecule has 12 aromatic carbocycles. The van der Waals surface area contributed by atoms with E-state index in [2.05, 4.69) is 385 Å². The molecule has 3 aliphatic rings. The maximum absolute atomic E-state index is 2.73. The molecule has 0 saturated heterocycles. The lowest BCUT2D eigenvalue weighted by Gasteiger charge is -2.34. The fraction of sp³-hybridized carbons (Fsp3) is 0. The number of hydrogen-bond donors (Lipinski definition) is 0. The summed E-state index contributed by atoms with van der Waals surface area (Å²) in [4.78, 5) is 2.96. The number of halogens is 2. The van der Waals surface area contributed by atoms with Crippen molar-refractivity contribution in [2.45, 2.75) is 0 Å². The Morgan fingerprint density at radius 1 is 0.261 bits per heavy atom. The summed E-state index contributed by atoms with van der Waals surface area (Å²) in [6.07, 6.45) is 0. The Morgan fingerprint density at radius 2 is 0.580 bits per heavy atom. The zero-order valence-electron chi connectivity index (χ0n) is 48.1. The van der Waals surface area contributed by atoms with Gasteiger partial charge in [0.05, 0.1) is 9.52 Å². The smallest absolute Gasteiger partial charge is 0.136 e. The molecule has 3 aliphatic heterocycles. The van der Waals surface area contributed by atoms with Crippen LogP contribution in [0.1, 0.15) is 20.9 Å². The molecule has 88 heavy (non-hydrogen) atoms. The SMILES string of the molecule is IC1=C(c2sc3ccccc3c2I)[Si](c2ccccc2)(c2ccccc2)c2ccccc21.c1ccc([SiH2]c2ccccc2)cc1.c1ccc([Si]2(c3ccccc3)C3=C(c4ccccc42)[Si](c2ccccc2)(c2ccccc2)c2c3sc3ccccc23)cc1. The predicted molar refractivity (Wildman–Crippen MR) is 410 cm³/mol. The van der Waals surface area contributed by atoms with Crippen LogP contribution in [0.5, 0.6) is 0 Å². The van der Waals surface area contributed by atoms with Gasteiger partial charge in [0.2, 0.25) is 0 Å². The highest BCUT2D eigenvalue weighted by molar-refractivity contribution is 14.1. The number of rotatable bonds is 9. The molecular weight excluding hydrogens is 1390 g/mol. The number of hydrogen-bond acceptors (Lipinski definition) is 2. The molecular formula is C80H58I2S2Si4. The fourth-order valence-electron chi connectivity index (χ4n) is 14.6. The Balaban J connectivity index is 0.000000126. The molecule has 17 rings (SSSR count). The molecule has 0 spiro atoms. The van der Waals surface area contributed by atoms with Gasteiger partial charge in [-0.2, -0.15) is 0 Å². The molecule has 0 amide bonds. The quantitative estimate of drug-likeness (QED) is 0.0998. The summed E-state index contributed by atoms with van der Waals surface area (Å²) in [6.45, 7) is 0. The van der Waals surface area contributed by atoms with Gasteiger partial charge >= 0.3 is 0 Å². The van der Waals surface area contributed by atoms with Crippen molar-refractivity contribution in [3.05, 3.63) is 364 Å². The highest BCUT2D eigenvalue weighted by atomic mass is 127. The van der Waals surface area contributed by atoms with E-state index in [0.717, 1.165) is 0 Å². The molecule has 0 fully saturated rings. The van der Waals surface area contributed by atoms with Gasteiger partial charge in [0.25, 0.3) is 0 Å². The summed E-state index contributed by atoms with van der Waals surface area (Å²) in [5, 5.41) is 24.0. The molecule has 0 unspecified atom stereocenters. The van der Waals surface area contributed by atoms with Crippen LogP contribution in [0.15, 0.2) is 340 Å². The molecule has 5 heterocycles. The van der Waals surface area contributed by atoms with Gasteiger partial charge in [0.1, 0.15) is 0 Å². The van der Waals surface area contributed by atoms with Crippen LogP contribution in [-0.4, -0.2) is 33.7 Å². The average Bonchev–Trinajstić information content (AvgIpc) is 1.48. The van der Waals surface area contributed by atoms with E-state index in [4.69, 9.17) is 0 Å². The van der Waals surface area contributed by atoms with Gasteiger partial charge in [0, 0.05) is 31.7 Å². The minimum absolute atomic E-state index is 0.234. The molecule has 14 aromatic rings. The van der Waals surface area contributed by atoms with E-state index < -0.39 is 24.2 Å². The summed E-state index contributed by atoms with van der Waals surface area (Å²) in [5.74, 6) is 0. The highest BCUT2D eigenvalue weighted by Crippen LogP contribution is 2.53. The molecule has 0 bridgehead atoms. The molecule has 420 valence electrons. The molecule has 0 aliphatic carbocycles. The average molecular weight is 1450 g/mol. The summed E-state index contributed by atoms with van der Waals surface area (Å²) >= 11 is 9.19. The van der Waals surface area contributed by atoms with Crippen LogP contribution >= 0.6 is 67.9 Å². The van der Waals surface area contributed by atoms with E-state index in [1.807, 2.05) is 22.7 Å². The third kappa shape index (κ3) is 9.32. The molecule has 0 radical (unpaired) electrons. The minimum Gasteiger partial charge on any atom is -0.136 e. The first-order valence-electron chi connectivity index (χ1n) is 30.0. The topological polar surface area (TPSA) is 0 Å². The minimum atomic E-state index is -2.73. The van der Waals surface area contributed by atoms with E-state index in [9.17, 15) is 0 Å². The van der Waals surface area contributed by atoms with Crippen LogP contribution in [0.3, 0.4) is 0 Å². The zero-order valence-corrected chi connectivity index (χ0v) is 58.5. The number of benzene rings is 12. The van der Waals surface area contributed by atoms with Gasteiger partial charge in [-0.1, -0.05) is 338 Å². The lowest BCUT2D eigenvalue weighted by Crippen LogP contribution is -2.68. The second-order valence-corrected chi connectivity index (χ2v) is 40.0. The van der Waals surface area contributed by atoms with Crippen LogP contribution in [-0.2, 0) is 0 Å². The van der Waals surface area contributed by atoms with Crippen molar-refractivity contribution in [1.82, 2.24) is 0 Å². The summed E-state index contributed by atoms with van der Waals surface area (Å²) in [7, 11) is -8.10. The van der Waals surface area contributed by atoms with E-state index in [1.165, 1.54) is 100 Å².